The predicted octanol–water partition coefficient (Wildman–Crippen LogP) is 3.62. The van der Waals surface area contributed by atoms with E-state index in [4.69, 9.17) is 4.52 Å². The summed E-state index contributed by atoms with van der Waals surface area (Å²) in [7, 11) is 0. The van der Waals surface area contributed by atoms with Gasteiger partial charge in [-0.1, -0.05) is 64.9 Å². The van der Waals surface area contributed by atoms with Gasteiger partial charge in [-0.15, -0.1) is 10.2 Å². The number of benzene rings is 2. The first-order valence-electron chi connectivity index (χ1n) is 11.6. The SMILES string of the molecule is Cc1ccc(-n2cnnc2SCC(=O)N2CCN([C@@H](C)c3nc(-c4ccccc4)no3)CC2)cc1. The van der Waals surface area contributed by atoms with Crippen LogP contribution in [-0.2, 0) is 4.79 Å². The van der Waals surface area contributed by atoms with Gasteiger partial charge in [0.2, 0.25) is 17.6 Å². The number of amides is 1. The number of rotatable bonds is 7. The molecule has 2 aromatic carbocycles. The van der Waals surface area contributed by atoms with Crippen LogP contribution in [0.3, 0.4) is 0 Å². The van der Waals surface area contributed by atoms with Crippen LogP contribution in [0.2, 0.25) is 0 Å². The van der Waals surface area contributed by atoms with Gasteiger partial charge in [0.1, 0.15) is 6.33 Å². The van der Waals surface area contributed by atoms with Crippen LogP contribution in [-0.4, -0.2) is 72.5 Å². The van der Waals surface area contributed by atoms with Gasteiger partial charge in [-0.2, -0.15) is 4.98 Å². The van der Waals surface area contributed by atoms with Gasteiger partial charge in [0.15, 0.2) is 5.16 Å². The number of nitrogens with zero attached hydrogens (tertiary/aromatic N) is 7. The van der Waals surface area contributed by atoms with Gasteiger partial charge in [-0.3, -0.25) is 14.3 Å². The zero-order valence-electron chi connectivity index (χ0n) is 19.7. The monoisotopic (exact) mass is 489 g/mol. The van der Waals surface area contributed by atoms with Gasteiger partial charge in [0, 0.05) is 37.4 Å². The van der Waals surface area contributed by atoms with Gasteiger partial charge in [-0.05, 0) is 26.0 Å². The fourth-order valence-electron chi connectivity index (χ4n) is 4.05. The Labute approximate surface area is 208 Å². The fourth-order valence-corrected chi connectivity index (χ4v) is 4.88. The van der Waals surface area contributed by atoms with E-state index >= 15 is 0 Å². The first-order chi connectivity index (χ1) is 17.1. The van der Waals surface area contributed by atoms with Crippen LogP contribution in [0.15, 0.2) is 70.6 Å². The van der Waals surface area contributed by atoms with Crippen LogP contribution in [0.5, 0.6) is 0 Å². The summed E-state index contributed by atoms with van der Waals surface area (Å²) in [5, 5.41) is 13.1. The van der Waals surface area contributed by atoms with E-state index in [1.807, 2.05) is 64.1 Å². The Hall–Kier alpha value is -3.50. The third kappa shape index (κ3) is 5.28. The Morgan fingerprint density at radius 2 is 1.80 bits per heavy atom. The molecule has 0 saturated carbocycles. The van der Waals surface area contributed by atoms with Crippen molar-refractivity contribution in [3.8, 4) is 17.1 Å². The van der Waals surface area contributed by atoms with Gasteiger partial charge >= 0.3 is 0 Å². The second kappa shape index (κ2) is 10.4. The smallest absolute Gasteiger partial charge is 0.244 e. The van der Waals surface area contributed by atoms with Crippen molar-refractivity contribution >= 4 is 17.7 Å². The molecular formula is C25H27N7O2S. The third-order valence-corrected chi connectivity index (χ3v) is 7.13. The van der Waals surface area contributed by atoms with E-state index in [1.54, 1.807) is 6.33 Å². The lowest BCUT2D eigenvalue weighted by Crippen LogP contribution is -2.49. The minimum atomic E-state index is -0.0142. The van der Waals surface area contributed by atoms with Gasteiger partial charge in [0.05, 0.1) is 11.8 Å². The van der Waals surface area contributed by atoms with Crippen molar-refractivity contribution in [2.45, 2.75) is 25.0 Å². The summed E-state index contributed by atoms with van der Waals surface area (Å²) in [5.74, 6) is 1.61. The van der Waals surface area contributed by atoms with Gasteiger partial charge in [-0.25, -0.2) is 0 Å². The van der Waals surface area contributed by atoms with Crippen molar-refractivity contribution in [2.24, 2.45) is 0 Å². The van der Waals surface area contributed by atoms with Crippen molar-refractivity contribution in [1.29, 1.82) is 0 Å². The molecule has 4 aromatic rings. The van der Waals surface area contributed by atoms with Crippen molar-refractivity contribution in [1.82, 2.24) is 34.7 Å². The number of carbonyl (C=O) groups excluding carboxylic acids is 1. The molecular weight excluding hydrogens is 462 g/mol. The van der Waals surface area contributed by atoms with Crippen LogP contribution >= 0.6 is 11.8 Å². The molecule has 0 spiro atoms. The Morgan fingerprint density at radius 3 is 2.54 bits per heavy atom. The molecule has 0 radical (unpaired) electrons. The molecule has 5 rings (SSSR count). The molecule has 0 unspecified atom stereocenters. The molecule has 35 heavy (non-hydrogen) atoms. The minimum absolute atomic E-state index is 0.0142. The van der Waals surface area contributed by atoms with Crippen LogP contribution in [0, 0.1) is 6.92 Å². The average Bonchev–Trinajstić information content (AvgIpc) is 3.58. The quantitative estimate of drug-likeness (QED) is 0.364. The number of carbonyl (C=O) groups is 1. The number of hydrogen-bond acceptors (Lipinski definition) is 8. The van der Waals surface area contributed by atoms with E-state index in [-0.39, 0.29) is 11.9 Å². The molecule has 1 atom stereocenters. The molecule has 1 fully saturated rings. The molecule has 0 N–H and O–H groups in total. The average molecular weight is 490 g/mol. The van der Waals surface area contributed by atoms with Crippen molar-refractivity contribution in [2.75, 3.05) is 31.9 Å². The molecule has 0 aliphatic carbocycles. The second-order valence-corrected chi connectivity index (χ2v) is 9.47. The summed E-state index contributed by atoms with van der Waals surface area (Å²) in [6, 6.07) is 17.9. The van der Waals surface area contributed by atoms with E-state index in [9.17, 15) is 4.79 Å². The van der Waals surface area contributed by atoms with Crippen molar-refractivity contribution < 1.29 is 9.32 Å². The molecule has 1 saturated heterocycles. The highest BCUT2D eigenvalue weighted by Crippen LogP contribution is 2.24. The first kappa shape index (κ1) is 23.3. The number of aromatic nitrogens is 5. The largest absolute Gasteiger partial charge is 0.339 e. The van der Waals surface area contributed by atoms with Crippen LogP contribution in [0.1, 0.15) is 24.4 Å². The third-order valence-electron chi connectivity index (χ3n) is 6.20. The molecule has 2 aromatic heterocycles. The number of piperazine rings is 1. The zero-order chi connectivity index (χ0) is 24.2. The minimum Gasteiger partial charge on any atom is -0.339 e. The highest BCUT2D eigenvalue weighted by atomic mass is 32.2. The number of hydrogen-bond donors (Lipinski definition) is 0. The summed E-state index contributed by atoms with van der Waals surface area (Å²) < 4.78 is 7.45. The standard InChI is InChI=1S/C25H27N7O2S/c1-18-8-10-21(11-9-18)32-17-26-28-25(32)35-16-22(33)31-14-12-30(13-15-31)19(2)24-27-23(29-34-24)20-6-4-3-5-7-20/h3-11,17,19H,12-16H2,1-2H3/t19-/m0/s1. The Morgan fingerprint density at radius 1 is 1.06 bits per heavy atom. The molecule has 1 aliphatic rings. The maximum atomic E-state index is 12.9. The van der Waals surface area contributed by atoms with E-state index in [2.05, 4.69) is 39.1 Å². The van der Waals surface area contributed by atoms with E-state index in [0.717, 1.165) is 24.3 Å². The lowest BCUT2D eigenvalue weighted by atomic mass is 10.2. The van der Waals surface area contributed by atoms with E-state index in [1.165, 1.54) is 17.3 Å². The Kier molecular flexibility index (Phi) is 6.91. The molecule has 10 heteroatoms. The summed E-state index contributed by atoms with van der Waals surface area (Å²) >= 11 is 1.41. The molecule has 3 heterocycles. The maximum Gasteiger partial charge on any atom is 0.244 e. The van der Waals surface area contributed by atoms with Gasteiger partial charge in [0.25, 0.3) is 0 Å². The fraction of sp³-hybridized carbons (Fsp3) is 0.320. The van der Waals surface area contributed by atoms with Crippen molar-refractivity contribution in [3.63, 3.8) is 0 Å². The maximum absolute atomic E-state index is 12.9. The molecule has 9 nitrogen and oxygen atoms in total. The van der Waals surface area contributed by atoms with Crippen molar-refractivity contribution in [3.05, 3.63) is 72.4 Å². The Bertz CT molecular complexity index is 1260. The van der Waals surface area contributed by atoms with Crippen LogP contribution < -0.4 is 0 Å². The van der Waals surface area contributed by atoms with Crippen LogP contribution in [0.25, 0.3) is 17.1 Å². The molecule has 0 bridgehead atoms. The lowest BCUT2D eigenvalue weighted by Gasteiger charge is -2.36. The summed E-state index contributed by atoms with van der Waals surface area (Å²) in [6.45, 7) is 6.94. The normalized spacial score (nSPS) is 15.3. The highest BCUT2D eigenvalue weighted by molar-refractivity contribution is 7.99. The first-order valence-corrected chi connectivity index (χ1v) is 12.6. The topological polar surface area (TPSA) is 93.2 Å². The Balaban J connectivity index is 1.13. The number of thioether (sulfide) groups is 1. The molecule has 1 amide bonds. The van der Waals surface area contributed by atoms with E-state index in [0.29, 0.717) is 35.7 Å². The summed E-state index contributed by atoms with van der Waals surface area (Å²) in [5.41, 5.74) is 3.10. The number of aryl methyl sites for hydroxylation is 1. The van der Waals surface area contributed by atoms with E-state index < -0.39 is 0 Å². The van der Waals surface area contributed by atoms with Crippen LogP contribution in [0.4, 0.5) is 0 Å². The zero-order valence-corrected chi connectivity index (χ0v) is 20.6. The second-order valence-electron chi connectivity index (χ2n) is 8.52. The summed E-state index contributed by atoms with van der Waals surface area (Å²) in [6.07, 6.45) is 1.68. The van der Waals surface area contributed by atoms with Gasteiger partial charge < -0.3 is 9.42 Å². The molecule has 1 aliphatic heterocycles. The summed E-state index contributed by atoms with van der Waals surface area (Å²) in [4.78, 5) is 21.6. The predicted molar refractivity (Wildman–Crippen MR) is 133 cm³/mol. The highest BCUT2D eigenvalue weighted by Gasteiger charge is 2.28. The molecule has 180 valence electrons. The lowest BCUT2D eigenvalue weighted by molar-refractivity contribution is -0.130.